The minimum Gasteiger partial charge on any atom is -0.359 e. The molecule has 1 aromatic rings. The van der Waals surface area contributed by atoms with Gasteiger partial charge in [0, 0.05) is 33.1 Å². The number of piperidine rings is 1. The molecule has 0 spiro atoms. The lowest BCUT2D eigenvalue weighted by Crippen LogP contribution is -2.46. The van der Waals surface area contributed by atoms with E-state index in [9.17, 15) is 4.79 Å². The monoisotopic (exact) mass is 330 g/mol. The van der Waals surface area contributed by atoms with Crippen molar-refractivity contribution >= 4 is 11.9 Å². The highest BCUT2D eigenvalue weighted by atomic mass is 16.1. The Kier molecular flexibility index (Phi) is 7.09. The molecule has 1 fully saturated rings. The number of nitrogens with zero attached hydrogens (tertiary/aromatic N) is 2. The second-order valence-corrected chi connectivity index (χ2v) is 6.40. The average molecular weight is 330 g/mol. The third-order valence-corrected chi connectivity index (χ3v) is 4.66. The molecule has 1 amide bonds. The molecule has 1 aliphatic rings. The van der Waals surface area contributed by atoms with Gasteiger partial charge in [0.25, 0.3) is 0 Å². The average Bonchev–Trinajstić information content (AvgIpc) is 2.60. The van der Waals surface area contributed by atoms with Gasteiger partial charge in [0.15, 0.2) is 5.96 Å². The number of amides is 1. The number of guanidine groups is 1. The standard InChI is InChI=1S/C19H30N4O/c1-4-21-19(22-14-17-8-6-5-7-15(17)2)23-11-9-16(10-12-23)13-18(24)20-3/h5-8,16H,4,9-14H2,1-3H3,(H,20,24)(H,21,22). The summed E-state index contributed by atoms with van der Waals surface area (Å²) in [5.74, 6) is 1.62. The number of carbonyl (C=O) groups excluding carboxylic acids is 1. The minimum absolute atomic E-state index is 0.147. The van der Waals surface area contributed by atoms with E-state index in [0.717, 1.165) is 38.4 Å². The van der Waals surface area contributed by atoms with E-state index in [1.165, 1.54) is 11.1 Å². The second kappa shape index (κ2) is 9.30. The fraction of sp³-hybridized carbons (Fsp3) is 0.579. The smallest absolute Gasteiger partial charge is 0.220 e. The molecule has 1 heterocycles. The molecule has 0 radical (unpaired) electrons. The molecule has 0 saturated carbocycles. The van der Waals surface area contributed by atoms with E-state index in [0.29, 0.717) is 18.9 Å². The zero-order valence-corrected chi connectivity index (χ0v) is 15.1. The van der Waals surface area contributed by atoms with Gasteiger partial charge >= 0.3 is 0 Å². The Bertz CT molecular complexity index is 562. The largest absolute Gasteiger partial charge is 0.359 e. The number of hydrogen-bond donors (Lipinski definition) is 2. The topological polar surface area (TPSA) is 56.7 Å². The number of hydrogen-bond acceptors (Lipinski definition) is 2. The van der Waals surface area contributed by atoms with E-state index in [2.05, 4.69) is 53.6 Å². The molecule has 1 aliphatic heterocycles. The van der Waals surface area contributed by atoms with Crippen molar-refractivity contribution in [1.29, 1.82) is 0 Å². The van der Waals surface area contributed by atoms with E-state index < -0.39 is 0 Å². The Hall–Kier alpha value is -2.04. The molecule has 5 nitrogen and oxygen atoms in total. The van der Waals surface area contributed by atoms with Crippen LogP contribution in [0.1, 0.15) is 37.3 Å². The zero-order chi connectivity index (χ0) is 17.4. The summed E-state index contributed by atoms with van der Waals surface area (Å²) in [5, 5.41) is 6.13. The van der Waals surface area contributed by atoms with Crippen molar-refractivity contribution in [3.05, 3.63) is 35.4 Å². The van der Waals surface area contributed by atoms with Gasteiger partial charge in [-0.05, 0) is 43.7 Å². The first-order chi connectivity index (χ1) is 11.6. The van der Waals surface area contributed by atoms with Crippen LogP contribution in [0.15, 0.2) is 29.3 Å². The van der Waals surface area contributed by atoms with Gasteiger partial charge in [0.2, 0.25) is 5.91 Å². The second-order valence-electron chi connectivity index (χ2n) is 6.40. The summed E-state index contributed by atoms with van der Waals surface area (Å²) in [7, 11) is 1.71. The van der Waals surface area contributed by atoms with Gasteiger partial charge in [-0.15, -0.1) is 0 Å². The lowest BCUT2D eigenvalue weighted by Gasteiger charge is -2.34. The molecule has 24 heavy (non-hydrogen) atoms. The normalized spacial score (nSPS) is 16.1. The number of benzene rings is 1. The van der Waals surface area contributed by atoms with Crippen LogP contribution in [0.25, 0.3) is 0 Å². The highest BCUT2D eigenvalue weighted by Crippen LogP contribution is 2.20. The first kappa shape index (κ1) is 18.3. The maximum absolute atomic E-state index is 11.5. The molecule has 1 saturated heterocycles. The molecule has 5 heteroatoms. The van der Waals surface area contributed by atoms with E-state index in [-0.39, 0.29) is 5.91 Å². The van der Waals surface area contributed by atoms with Gasteiger partial charge in [0.1, 0.15) is 0 Å². The summed E-state index contributed by atoms with van der Waals surface area (Å²) in [5.41, 5.74) is 2.55. The number of rotatable bonds is 5. The third-order valence-electron chi connectivity index (χ3n) is 4.66. The van der Waals surface area contributed by atoms with Gasteiger partial charge < -0.3 is 15.5 Å². The zero-order valence-electron chi connectivity index (χ0n) is 15.1. The van der Waals surface area contributed by atoms with Crippen molar-refractivity contribution in [2.24, 2.45) is 10.9 Å². The summed E-state index contributed by atoms with van der Waals surface area (Å²) in [4.78, 5) is 18.7. The Balaban J connectivity index is 1.95. The molecule has 2 N–H and O–H groups in total. The highest BCUT2D eigenvalue weighted by Gasteiger charge is 2.23. The lowest BCUT2D eigenvalue weighted by atomic mass is 9.93. The van der Waals surface area contributed by atoms with E-state index >= 15 is 0 Å². The molecule has 0 unspecified atom stereocenters. The number of nitrogens with one attached hydrogen (secondary N) is 2. The van der Waals surface area contributed by atoms with Gasteiger partial charge in [-0.25, -0.2) is 4.99 Å². The maximum Gasteiger partial charge on any atom is 0.220 e. The predicted molar refractivity (Wildman–Crippen MR) is 99.0 cm³/mol. The highest BCUT2D eigenvalue weighted by molar-refractivity contribution is 5.80. The lowest BCUT2D eigenvalue weighted by molar-refractivity contribution is -0.121. The molecule has 2 rings (SSSR count). The van der Waals surface area contributed by atoms with Crippen LogP contribution in [0, 0.1) is 12.8 Å². The number of carbonyl (C=O) groups is 1. The summed E-state index contributed by atoms with van der Waals surface area (Å²) in [6, 6.07) is 8.39. The van der Waals surface area contributed by atoms with Crippen molar-refractivity contribution < 1.29 is 4.79 Å². The van der Waals surface area contributed by atoms with Crippen molar-refractivity contribution in [1.82, 2.24) is 15.5 Å². The van der Waals surface area contributed by atoms with Crippen LogP contribution in [-0.4, -0.2) is 43.4 Å². The van der Waals surface area contributed by atoms with Gasteiger partial charge in [-0.1, -0.05) is 24.3 Å². The molecule has 1 aromatic carbocycles. The van der Waals surface area contributed by atoms with Crippen molar-refractivity contribution in [2.75, 3.05) is 26.7 Å². The summed E-state index contributed by atoms with van der Waals surface area (Å²) in [6.07, 6.45) is 2.73. The summed E-state index contributed by atoms with van der Waals surface area (Å²) in [6.45, 7) is 7.71. The van der Waals surface area contributed by atoms with E-state index in [1.54, 1.807) is 7.05 Å². The quantitative estimate of drug-likeness (QED) is 0.643. The van der Waals surface area contributed by atoms with Crippen LogP contribution >= 0.6 is 0 Å². The third kappa shape index (κ3) is 5.25. The minimum atomic E-state index is 0.147. The Morgan fingerprint density at radius 3 is 2.62 bits per heavy atom. The van der Waals surface area contributed by atoms with E-state index in [4.69, 9.17) is 4.99 Å². The summed E-state index contributed by atoms with van der Waals surface area (Å²) < 4.78 is 0. The van der Waals surface area contributed by atoms with Crippen LogP contribution in [0.5, 0.6) is 0 Å². The molecule has 0 bridgehead atoms. The molecular weight excluding hydrogens is 300 g/mol. The Labute approximate surface area is 145 Å². The number of aryl methyl sites for hydroxylation is 1. The van der Waals surface area contributed by atoms with Crippen LogP contribution in [-0.2, 0) is 11.3 Å². The van der Waals surface area contributed by atoms with Gasteiger partial charge in [0.05, 0.1) is 6.54 Å². The molecule has 0 aromatic heterocycles. The van der Waals surface area contributed by atoms with Crippen LogP contribution in [0.3, 0.4) is 0 Å². The number of aliphatic imine (C=N–C) groups is 1. The Morgan fingerprint density at radius 2 is 2.00 bits per heavy atom. The van der Waals surface area contributed by atoms with Crippen LogP contribution < -0.4 is 10.6 Å². The van der Waals surface area contributed by atoms with Crippen molar-refractivity contribution in [3.8, 4) is 0 Å². The van der Waals surface area contributed by atoms with E-state index in [1.807, 2.05) is 0 Å². The van der Waals surface area contributed by atoms with Gasteiger partial charge in [-0.2, -0.15) is 0 Å². The van der Waals surface area contributed by atoms with Gasteiger partial charge in [-0.3, -0.25) is 4.79 Å². The fourth-order valence-corrected chi connectivity index (χ4v) is 3.09. The predicted octanol–water partition coefficient (Wildman–Crippen LogP) is 2.31. The van der Waals surface area contributed by atoms with Crippen LogP contribution in [0.4, 0.5) is 0 Å². The fourth-order valence-electron chi connectivity index (χ4n) is 3.09. The number of likely N-dealkylation sites (tertiary alicyclic amines) is 1. The SMILES string of the molecule is CCNC(=NCc1ccccc1C)N1CCC(CC(=O)NC)CC1. The van der Waals surface area contributed by atoms with Crippen molar-refractivity contribution in [3.63, 3.8) is 0 Å². The van der Waals surface area contributed by atoms with Crippen molar-refractivity contribution in [2.45, 2.75) is 39.7 Å². The molecule has 132 valence electrons. The maximum atomic E-state index is 11.5. The van der Waals surface area contributed by atoms with Crippen LogP contribution in [0.2, 0.25) is 0 Å². The first-order valence-corrected chi connectivity index (χ1v) is 8.92. The molecular formula is C19H30N4O. The first-order valence-electron chi connectivity index (χ1n) is 8.92. The summed E-state index contributed by atoms with van der Waals surface area (Å²) >= 11 is 0. The molecule has 0 aliphatic carbocycles. The molecule has 0 atom stereocenters. The Morgan fingerprint density at radius 1 is 1.29 bits per heavy atom.